The van der Waals surface area contributed by atoms with Crippen molar-refractivity contribution >= 4 is 0 Å². The van der Waals surface area contributed by atoms with E-state index in [4.69, 9.17) is 4.74 Å². The maximum absolute atomic E-state index is 5.88. The third-order valence-electron chi connectivity index (χ3n) is 3.94. The monoisotopic (exact) mass is 276 g/mol. The summed E-state index contributed by atoms with van der Waals surface area (Å²) in [7, 11) is 0. The molecule has 0 bridgehead atoms. The summed E-state index contributed by atoms with van der Waals surface area (Å²) in [6.07, 6.45) is 7.62. The van der Waals surface area contributed by atoms with Crippen LogP contribution in [0.1, 0.15) is 58.1 Å². The van der Waals surface area contributed by atoms with Crippen LogP contribution in [0.2, 0.25) is 0 Å². The number of pyridine rings is 1. The molecule has 0 saturated heterocycles. The second-order valence-corrected chi connectivity index (χ2v) is 5.85. The van der Waals surface area contributed by atoms with Crippen LogP contribution in [0, 0.1) is 5.92 Å². The first-order chi connectivity index (χ1) is 9.81. The van der Waals surface area contributed by atoms with Gasteiger partial charge < -0.3 is 10.1 Å². The van der Waals surface area contributed by atoms with Crippen LogP contribution >= 0.6 is 0 Å². The number of nitrogens with one attached hydrogen (secondary N) is 1. The molecule has 0 radical (unpaired) electrons. The Balaban J connectivity index is 1.77. The van der Waals surface area contributed by atoms with Gasteiger partial charge in [0.05, 0.1) is 12.3 Å². The van der Waals surface area contributed by atoms with Gasteiger partial charge in [0.15, 0.2) is 0 Å². The summed E-state index contributed by atoms with van der Waals surface area (Å²) < 4.78 is 5.88. The summed E-state index contributed by atoms with van der Waals surface area (Å²) in [5.74, 6) is 1.43. The van der Waals surface area contributed by atoms with Crippen LogP contribution in [-0.4, -0.2) is 17.6 Å². The van der Waals surface area contributed by atoms with Crippen molar-refractivity contribution in [2.45, 2.75) is 65.0 Å². The summed E-state index contributed by atoms with van der Waals surface area (Å²) in [6, 6.07) is 6.79. The van der Waals surface area contributed by atoms with Crippen molar-refractivity contribution in [1.29, 1.82) is 0 Å². The first-order valence-electron chi connectivity index (χ1n) is 8.14. The Morgan fingerprint density at radius 2 is 2.20 bits per heavy atom. The molecule has 1 N–H and O–H groups in total. The van der Waals surface area contributed by atoms with Gasteiger partial charge >= 0.3 is 0 Å². The quantitative estimate of drug-likeness (QED) is 0.703. The maximum Gasteiger partial charge on any atom is 0.213 e. The van der Waals surface area contributed by atoms with Crippen molar-refractivity contribution in [3.63, 3.8) is 0 Å². The van der Waals surface area contributed by atoms with Crippen LogP contribution in [0.25, 0.3) is 0 Å². The molecule has 20 heavy (non-hydrogen) atoms. The minimum Gasteiger partial charge on any atom is -0.477 e. The number of hydrogen-bond acceptors (Lipinski definition) is 3. The van der Waals surface area contributed by atoms with Crippen molar-refractivity contribution < 1.29 is 4.74 Å². The number of rotatable bonds is 10. The van der Waals surface area contributed by atoms with Gasteiger partial charge in [-0.15, -0.1) is 0 Å². The van der Waals surface area contributed by atoms with Crippen LogP contribution in [0.5, 0.6) is 5.88 Å². The fraction of sp³-hybridized carbons (Fsp3) is 0.706. The Kier molecular flexibility index (Phi) is 6.31. The van der Waals surface area contributed by atoms with Crippen molar-refractivity contribution in [2.24, 2.45) is 5.92 Å². The van der Waals surface area contributed by atoms with E-state index >= 15 is 0 Å². The zero-order chi connectivity index (χ0) is 14.2. The summed E-state index contributed by atoms with van der Waals surface area (Å²) in [6.45, 7) is 6.14. The van der Waals surface area contributed by atoms with E-state index in [1.807, 2.05) is 12.1 Å². The Labute approximate surface area is 123 Å². The molecule has 1 unspecified atom stereocenters. The van der Waals surface area contributed by atoms with E-state index in [1.54, 1.807) is 0 Å². The van der Waals surface area contributed by atoms with Crippen LogP contribution in [0.15, 0.2) is 18.2 Å². The molecule has 1 aliphatic rings. The molecule has 3 nitrogen and oxygen atoms in total. The minimum atomic E-state index is 0.657. The molecule has 1 saturated carbocycles. The highest BCUT2D eigenvalue weighted by atomic mass is 16.5. The summed E-state index contributed by atoms with van der Waals surface area (Å²) >= 11 is 0. The highest BCUT2D eigenvalue weighted by molar-refractivity contribution is 5.16. The largest absolute Gasteiger partial charge is 0.477 e. The lowest BCUT2D eigenvalue weighted by atomic mass is 10.0. The summed E-state index contributed by atoms with van der Waals surface area (Å²) in [5, 5.41) is 3.49. The van der Waals surface area contributed by atoms with Gasteiger partial charge in [-0.05, 0) is 31.2 Å². The second kappa shape index (κ2) is 8.25. The predicted octanol–water partition coefficient (Wildman–Crippen LogP) is 3.93. The highest BCUT2D eigenvalue weighted by Gasteiger charge is 2.20. The lowest BCUT2D eigenvalue weighted by Gasteiger charge is -2.15. The molecule has 1 heterocycles. The number of nitrogens with zero attached hydrogens (tertiary/aromatic N) is 1. The maximum atomic E-state index is 5.88. The van der Waals surface area contributed by atoms with Gasteiger partial charge in [-0.1, -0.05) is 39.2 Å². The Bertz CT molecular complexity index is 390. The van der Waals surface area contributed by atoms with Gasteiger partial charge in [0.2, 0.25) is 5.88 Å². The fourth-order valence-corrected chi connectivity index (χ4v) is 2.27. The van der Waals surface area contributed by atoms with E-state index < -0.39 is 0 Å². The average Bonchev–Trinajstić information content (AvgIpc) is 3.30. The normalized spacial score (nSPS) is 16.1. The second-order valence-electron chi connectivity index (χ2n) is 5.85. The van der Waals surface area contributed by atoms with Crippen molar-refractivity contribution in [2.75, 3.05) is 6.61 Å². The molecule has 2 rings (SSSR count). The molecule has 0 aliphatic heterocycles. The van der Waals surface area contributed by atoms with Gasteiger partial charge in [0.1, 0.15) is 0 Å². The molecule has 0 spiro atoms. The first-order valence-corrected chi connectivity index (χ1v) is 8.14. The molecular formula is C17H28N2O. The van der Waals surface area contributed by atoms with Crippen LogP contribution in [-0.2, 0) is 6.54 Å². The number of unbranched alkanes of at least 4 members (excludes halogenated alkanes) is 1. The van der Waals surface area contributed by atoms with Crippen LogP contribution in [0.4, 0.5) is 0 Å². The van der Waals surface area contributed by atoms with Gasteiger partial charge in [-0.3, -0.25) is 0 Å². The lowest BCUT2D eigenvalue weighted by molar-refractivity contribution is 0.225. The molecule has 1 aliphatic carbocycles. The van der Waals surface area contributed by atoms with Crippen molar-refractivity contribution in [3.05, 3.63) is 23.9 Å². The third kappa shape index (κ3) is 5.49. The molecule has 1 fully saturated rings. The van der Waals surface area contributed by atoms with E-state index in [2.05, 4.69) is 30.2 Å². The standard InChI is InChI=1S/C17H28N2O/c1-3-5-7-14(4-2)13-20-17-9-6-8-16(19-17)12-18-15-10-11-15/h6,8-9,14-15,18H,3-5,7,10-13H2,1-2H3. The van der Waals surface area contributed by atoms with E-state index in [0.29, 0.717) is 5.92 Å². The van der Waals surface area contributed by atoms with Gasteiger partial charge in [-0.2, -0.15) is 0 Å². The summed E-state index contributed by atoms with van der Waals surface area (Å²) in [4.78, 5) is 4.57. The fourth-order valence-electron chi connectivity index (χ4n) is 2.27. The SMILES string of the molecule is CCCCC(CC)COc1cccc(CNC2CC2)n1. The van der Waals surface area contributed by atoms with Gasteiger partial charge in [-0.25, -0.2) is 4.98 Å². The zero-order valence-corrected chi connectivity index (χ0v) is 12.9. The number of aromatic nitrogens is 1. The van der Waals surface area contributed by atoms with Crippen molar-refractivity contribution in [1.82, 2.24) is 10.3 Å². The molecular weight excluding hydrogens is 248 g/mol. The first kappa shape index (κ1) is 15.3. The molecule has 112 valence electrons. The Morgan fingerprint density at radius 1 is 1.35 bits per heavy atom. The Hall–Kier alpha value is -1.09. The van der Waals surface area contributed by atoms with Crippen LogP contribution < -0.4 is 10.1 Å². The van der Waals surface area contributed by atoms with E-state index in [0.717, 1.165) is 30.8 Å². The van der Waals surface area contributed by atoms with Gasteiger partial charge in [0, 0.05) is 18.7 Å². The molecule has 0 amide bonds. The van der Waals surface area contributed by atoms with Gasteiger partial charge in [0.25, 0.3) is 0 Å². The average molecular weight is 276 g/mol. The molecule has 1 aromatic rings. The molecule has 1 aromatic heterocycles. The molecule has 3 heteroatoms. The predicted molar refractivity (Wildman–Crippen MR) is 82.9 cm³/mol. The smallest absolute Gasteiger partial charge is 0.213 e. The molecule has 1 atom stereocenters. The Morgan fingerprint density at radius 3 is 2.90 bits per heavy atom. The number of hydrogen-bond donors (Lipinski definition) is 1. The highest BCUT2D eigenvalue weighted by Crippen LogP contribution is 2.19. The van der Waals surface area contributed by atoms with E-state index in [1.165, 1.54) is 38.5 Å². The summed E-state index contributed by atoms with van der Waals surface area (Å²) in [5.41, 5.74) is 1.08. The van der Waals surface area contributed by atoms with E-state index in [-0.39, 0.29) is 0 Å². The molecule has 0 aromatic carbocycles. The topological polar surface area (TPSA) is 34.1 Å². The van der Waals surface area contributed by atoms with Crippen LogP contribution in [0.3, 0.4) is 0 Å². The minimum absolute atomic E-state index is 0.657. The van der Waals surface area contributed by atoms with E-state index in [9.17, 15) is 0 Å². The third-order valence-corrected chi connectivity index (χ3v) is 3.94. The lowest BCUT2D eigenvalue weighted by Crippen LogP contribution is -2.17. The number of ether oxygens (including phenoxy) is 1. The zero-order valence-electron chi connectivity index (χ0n) is 12.9. The van der Waals surface area contributed by atoms with Crippen molar-refractivity contribution in [3.8, 4) is 5.88 Å².